The SMILES string of the molecule is CC(CN(C)CC(=O)O)Oc1ccc(Cl)c(Cl)c1. The van der Waals surface area contributed by atoms with Crippen molar-refractivity contribution in [3.05, 3.63) is 28.2 Å². The zero-order valence-corrected chi connectivity index (χ0v) is 11.7. The van der Waals surface area contributed by atoms with Crippen LogP contribution >= 0.6 is 23.2 Å². The second-order valence-electron chi connectivity index (χ2n) is 4.09. The molecule has 18 heavy (non-hydrogen) atoms. The van der Waals surface area contributed by atoms with Gasteiger partial charge in [-0.2, -0.15) is 0 Å². The normalized spacial score (nSPS) is 12.5. The molecular weight excluding hydrogens is 277 g/mol. The number of rotatable bonds is 6. The number of carboxylic acids is 1. The monoisotopic (exact) mass is 291 g/mol. The van der Waals surface area contributed by atoms with Gasteiger partial charge in [0.25, 0.3) is 0 Å². The second kappa shape index (κ2) is 6.83. The van der Waals surface area contributed by atoms with Gasteiger partial charge in [0, 0.05) is 12.6 Å². The molecule has 1 atom stereocenters. The van der Waals surface area contributed by atoms with Crippen molar-refractivity contribution >= 4 is 29.2 Å². The third-order valence-electron chi connectivity index (χ3n) is 2.20. The van der Waals surface area contributed by atoms with Gasteiger partial charge in [0.2, 0.25) is 0 Å². The Bertz CT molecular complexity index is 426. The lowest BCUT2D eigenvalue weighted by molar-refractivity contribution is -0.138. The van der Waals surface area contributed by atoms with Crippen LogP contribution < -0.4 is 4.74 Å². The maximum absolute atomic E-state index is 10.5. The summed E-state index contributed by atoms with van der Waals surface area (Å²) in [4.78, 5) is 12.2. The molecule has 4 nitrogen and oxygen atoms in total. The van der Waals surface area contributed by atoms with Crippen LogP contribution in [0.3, 0.4) is 0 Å². The molecule has 1 N–H and O–H groups in total. The van der Waals surface area contributed by atoms with Crippen LogP contribution in [0.1, 0.15) is 6.92 Å². The molecule has 6 heteroatoms. The molecule has 0 spiro atoms. The highest BCUT2D eigenvalue weighted by atomic mass is 35.5. The van der Waals surface area contributed by atoms with Crippen LogP contribution in [-0.2, 0) is 4.79 Å². The van der Waals surface area contributed by atoms with Crippen LogP contribution in [0.2, 0.25) is 10.0 Å². The first kappa shape index (κ1) is 15.1. The average molecular weight is 292 g/mol. The smallest absolute Gasteiger partial charge is 0.317 e. The summed E-state index contributed by atoms with van der Waals surface area (Å²) in [5.41, 5.74) is 0. The molecule has 1 unspecified atom stereocenters. The molecule has 1 aromatic rings. The molecule has 0 saturated heterocycles. The number of carbonyl (C=O) groups is 1. The number of hydrogen-bond donors (Lipinski definition) is 1. The van der Waals surface area contributed by atoms with E-state index in [0.29, 0.717) is 22.3 Å². The fourth-order valence-electron chi connectivity index (χ4n) is 1.55. The summed E-state index contributed by atoms with van der Waals surface area (Å²) in [6.45, 7) is 2.35. The molecule has 0 aromatic heterocycles. The van der Waals surface area contributed by atoms with Crippen molar-refractivity contribution in [3.63, 3.8) is 0 Å². The summed E-state index contributed by atoms with van der Waals surface area (Å²) >= 11 is 11.7. The summed E-state index contributed by atoms with van der Waals surface area (Å²) in [5.74, 6) is -0.250. The van der Waals surface area contributed by atoms with E-state index >= 15 is 0 Å². The first-order chi connectivity index (χ1) is 8.38. The van der Waals surface area contributed by atoms with E-state index < -0.39 is 5.97 Å². The Morgan fingerprint density at radius 1 is 1.44 bits per heavy atom. The average Bonchev–Trinajstić information content (AvgIpc) is 2.21. The van der Waals surface area contributed by atoms with Crippen molar-refractivity contribution in [2.45, 2.75) is 13.0 Å². The predicted octanol–water partition coefficient (Wildman–Crippen LogP) is 2.78. The summed E-state index contributed by atoms with van der Waals surface area (Å²) in [6.07, 6.45) is -0.147. The van der Waals surface area contributed by atoms with Crippen LogP contribution in [0.15, 0.2) is 18.2 Å². The number of halogens is 2. The van der Waals surface area contributed by atoms with Crippen LogP contribution in [0.25, 0.3) is 0 Å². The van der Waals surface area contributed by atoms with Crippen LogP contribution in [0, 0.1) is 0 Å². The van der Waals surface area contributed by atoms with E-state index in [9.17, 15) is 4.79 Å². The summed E-state index contributed by atoms with van der Waals surface area (Å²) in [5, 5.41) is 9.54. The Labute approximate surface area is 116 Å². The van der Waals surface area contributed by atoms with E-state index in [-0.39, 0.29) is 12.6 Å². The molecule has 0 bridgehead atoms. The first-order valence-electron chi connectivity index (χ1n) is 5.40. The topological polar surface area (TPSA) is 49.8 Å². The molecule has 0 heterocycles. The molecule has 100 valence electrons. The van der Waals surface area contributed by atoms with Crippen molar-refractivity contribution in [3.8, 4) is 5.75 Å². The van der Waals surface area contributed by atoms with Crippen molar-refractivity contribution < 1.29 is 14.6 Å². The van der Waals surface area contributed by atoms with Crippen molar-refractivity contribution in [1.82, 2.24) is 4.90 Å². The molecule has 0 radical (unpaired) electrons. The summed E-state index contributed by atoms with van der Waals surface area (Å²) in [6, 6.07) is 5.02. The van der Waals surface area contributed by atoms with Gasteiger partial charge in [0.15, 0.2) is 0 Å². The van der Waals surface area contributed by atoms with Gasteiger partial charge >= 0.3 is 5.97 Å². The van der Waals surface area contributed by atoms with Crippen LogP contribution in [0.4, 0.5) is 0 Å². The zero-order valence-electron chi connectivity index (χ0n) is 10.2. The molecular formula is C12H15Cl2NO3. The highest BCUT2D eigenvalue weighted by Gasteiger charge is 2.11. The van der Waals surface area contributed by atoms with E-state index in [1.165, 1.54) is 0 Å². The maximum atomic E-state index is 10.5. The minimum absolute atomic E-state index is 0.0188. The van der Waals surface area contributed by atoms with Crippen LogP contribution in [0.5, 0.6) is 5.75 Å². The lowest BCUT2D eigenvalue weighted by atomic mass is 10.3. The second-order valence-corrected chi connectivity index (χ2v) is 4.91. The largest absolute Gasteiger partial charge is 0.489 e. The quantitative estimate of drug-likeness (QED) is 0.876. The third kappa shape index (κ3) is 5.12. The standard InChI is InChI=1S/C12H15Cl2NO3/c1-8(6-15(2)7-12(16)17)18-9-3-4-10(13)11(14)5-9/h3-5,8H,6-7H2,1-2H3,(H,16,17). The number of likely N-dealkylation sites (N-methyl/N-ethyl adjacent to an activating group) is 1. The third-order valence-corrected chi connectivity index (χ3v) is 2.94. The Kier molecular flexibility index (Phi) is 5.72. The first-order valence-corrected chi connectivity index (χ1v) is 6.16. The van der Waals surface area contributed by atoms with Gasteiger partial charge in [-0.1, -0.05) is 23.2 Å². The lowest BCUT2D eigenvalue weighted by Crippen LogP contribution is -2.34. The fraction of sp³-hybridized carbons (Fsp3) is 0.417. The Hall–Kier alpha value is -0.970. The number of carboxylic acid groups (broad SMARTS) is 1. The number of benzene rings is 1. The predicted molar refractivity (Wildman–Crippen MR) is 71.7 cm³/mol. The molecule has 0 fully saturated rings. The van der Waals surface area contributed by atoms with E-state index in [1.54, 1.807) is 30.1 Å². The van der Waals surface area contributed by atoms with Crippen molar-refractivity contribution in [1.29, 1.82) is 0 Å². The minimum Gasteiger partial charge on any atom is -0.489 e. The summed E-state index contributed by atoms with van der Waals surface area (Å²) < 4.78 is 5.62. The molecule has 0 saturated carbocycles. The molecule has 1 rings (SSSR count). The fourth-order valence-corrected chi connectivity index (χ4v) is 1.84. The maximum Gasteiger partial charge on any atom is 0.317 e. The minimum atomic E-state index is -0.862. The van der Waals surface area contributed by atoms with E-state index in [4.69, 9.17) is 33.0 Å². The van der Waals surface area contributed by atoms with Crippen molar-refractivity contribution in [2.24, 2.45) is 0 Å². The molecule has 0 aliphatic heterocycles. The number of ether oxygens (including phenoxy) is 1. The van der Waals surface area contributed by atoms with Crippen LogP contribution in [-0.4, -0.2) is 42.2 Å². The molecule has 1 aromatic carbocycles. The lowest BCUT2D eigenvalue weighted by Gasteiger charge is -2.20. The summed E-state index contributed by atoms with van der Waals surface area (Å²) in [7, 11) is 1.73. The number of aliphatic carboxylic acids is 1. The molecule has 0 amide bonds. The van der Waals surface area contributed by atoms with Gasteiger partial charge in [-0.15, -0.1) is 0 Å². The van der Waals surface area contributed by atoms with Gasteiger partial charge in [-0.25, -0.2) is 0 Å². The Morgan fingerprint density at radius 3 is 2.67 bits per heavy atom. The highest BCUT2D eigenvalue weighted by Crippen LogP contribution is 2.26. The van der Waals surface area contributed by atoms with Gasteiger partial charge in [-0.3, -0.25) is 9.69 Å². The van der Waals surface area contributed by atoms with Gasteiger partial charge < -0.3 is 9.84 Å². The van der Waals surface area contributed by atoms with Gasteiger partial charge in [0.1, 0.15) is 11.9 Å². The zero-order chi connectivity index (χ0) is 13.7. The molecule has 0 aliphatic rings. The van der Waals surface area contributed by atoms with Crippen molar-refractivity contribution in [2.75, 3.05) is 20.1 Å². The van der Waals surface area contributed by atoms with Gasteiger partial charge in [-0.05, 0) is 26.1 Å². The number of hydrogen-bond acceptors (Lipinski definition) is 3. The van der Waals surface area contributed by atoms with E-state index in [2.05, 4.69) is 0 Å². The van der Waals surface area contributed by atoms with Gasteiger partial charge in [0.05, 0.1) is 16.6 Å². The molecule has 0 aliphatic carbocycles. The Balaban J connectivity index is 2.51. The van der Waals surface area contributed by atoms with E-state index in [0.717, 1.165) is 0 Å². The number of nitrogens with zero attached hydrogens (tertiary/aromatic N) is 1. The highest BCUT2D eigenvalue weighted by molar-refractivity contribution is 6.42. The van der Waals surface area contributed by atoms with E-state index in [1.807, 2.05) is 6.92 Å². The Morgan fingerprint density at radius 2 is 2.11 bits per heavy atom.